The molecule has 2 aromatic heterocycles. The lowest BCUT2D eigenvalue weighted by Crippen LogP contribution is -2.47. The number of nitrogens with one attached hydrogen (secondary N) is 3. The van der Waals surface area contributed by atoms with E-state index in [2.05, 4.69) is 32.3 Å². The van der Waals surface area contributed by atoms with Gasteiger partial charge < -0.3 is 5.32 Å². The van der Waals surface area contributed by atoms with Crippen molar-refractivity contribution >= 4 is 5.91 Å². The number of hydrogen-bond acceptors (Lipinski definition) is 6. The summed E-state index contributed by atoms with van der Waals surface area (Å²) in [6, 6.07) is 5.68. The lowest BCUT2D eigenvalue weighted by Gasteiger charge is -2.20. The summed E-state index contributed by atoms with van der Waals surface area (Å²) in [4.78, 5) is 22.9. The van der Waals surface area contributed by atoms with Gasteiger partial charge in [-0.05, 0) is 62.3 Å². The largest absolute Gasteiger partial charge is 0.344 e. The summed E-state index contributed by atoms with van der Waals surface area (Å²) in [6.45, 7) is 2.75. The molecule has 0 radical (unpaired) electrons. The molecule has 2 saturated carbocycles. The van der Waals surface area contributed by atoms with Crippen LogP contribution in [0.15, 0.2) is 30.6 Å². The summed E-state index contributed by atoms with van der Waals surface area (Å²) in [5.41, 5.74) is 5.88. The van der Waals surface area contributed by atoms with Gasteiger partial charge in [-0.15, -0.1) is 0 Å². The van der Waals surface area contributed by atoms with E-state index in [0.717, 1.165) is 17.8 Å². The topological polar surface area (TPSA) is 93.1 Å². The van der Waals surface area contributed by atoms with E-state index in [4.69, 9.17) is 4.84 Å². The summed E-state index contributed by atoms with van der Waals surface area (Å²) < 4.78 is 1.81. The molecule has 3 heterocycles. The van der Waals surface area contributed by atoms with Crippen LogP contribution in [-0.4, -0.2) is 32.9 Å². The fraction of sp³-hybridized carbons (Fsp3) is 0.550. The van der Waals surface area contributed by atoms with E-state index in [-0.39, 0.29) is 24.3 Å². The summed E-state index contributed by atoms with van der Waals surface area (Å²) >= 11 is 0. The van der Waals surface area contributed by atoms with Crippen molar-refractivity contribution in [2.24, 2.45) is 5.92 Å². The van der Waals surface area contributed by atoms with Gasteiger partial charge >= 0.3 is 0 Å². The SMILES string of the molecule is C[C@H](NC(=O)c1ccnn1CC1CC1)C1NC(c2ccnc(C3CC3)c2)NO1. The Hall–Kier alpha value is -2.29. The van der Waals surface area contributed by atoms with Crippen LogP contribution in [0.1, 0.15) is 66.4 Å². The average molecular weight is 382 g/mol. The van der Waals surface area contributed by atoms with Crippen LogP contribution >= 0.6 is 0 Å². The van der Waals surface area contributed by atoms with Gasteiger partial charge in [0.25, 0.3) is 5.91 Å². The first-order valence-corrected chi connectivity index (χ1v) is 10.1. The maximum absolute atomic E-state index is 12.7. The maximum atomic E-state index is 12.7. The molecule has 2 aliphatic carbocycles. The molecule has 1 amide bonds. The summed E-state index contributed by atoms with van der Waals surface area (Å²) in [5.74, 6) is 1.14. The van der Waals surface area contributed by atoms with Crippen LogP contribution in [0, 0.1) is 5.92 Å². The smallest absolute Gasteiger partial charge is 0.269 e. The zero-order valence-electron chi connectivity index (χ0n) is 16.0. The summed E-state index contributed by atoms with van der Waals surface area (Å²) in [7, 11) is 0. The Morgan fingerprint density at radius 2 is 2.18 bits per heavy atom. The van der Waals surface area contributed by atoms with Gasteiger partial charge in [-0.3, -0.25) is 24.6 Å². The van der Waals surface area contributed by atoms with Gasteiger partial charge in [0.05, 0.1) is 6.04 Å². The zero-order valence-corrected chi connectivity index (χ0v) is 16.0. The molecular weight excluding hydrogens is 356 g/mol. The molecule has 3 N–H and O–H groups in total. The first-order valence-electron chi connectivity index (χ1n) is 10.1. The molecule has 0 aromatic carbocycles. The highest BCUT2D eigenvalue weighted by Crippen LogP contribution is 2.39. The van der Waals surface area contributed by atoms with Crippen LogP contribution in [0.5, 0.6) is 0 Å². The molecular formula is C20H26N6O2. The molecule has 2 unspecified atom stereocenters. The zero-order chi connectivity index (χ0) is 19.1. The number of carbonyl (C=O) groups excluding carboxylic acids is 1. The van der Waals surface area contributed by atoms with Crippen molar-refractivity contribution in [2.75, 3.05) is 0 Å². The van der Waals surface area contributed by atoms with Gasteiger partial charge in [0, 0.05) is 30.6 Å². The average Bonchev–Trinajstić information content (AvgIpc) is 3.61. The minimum Gasteiger partial charge on any atom is -0.344 e. The molecule has 3 aliphatic rings. The van der Waals surface area contributed by atoms with Gasteiger partial charge in [-0.1, -0.05) is 0 Å². The second-order valence-electron chi connectivity index (χ2n) is 8.15. The van der Waals surface area contributed by atoms with Crippen LogP contribution in [0.25, 0.3) is 0 Å². The van der Waals surface area contributed by atoms with E-state index in [0.29, 0.717) is 17.5 Å². The molecule has 2 aromatic rings. The molecule has 28 heavy (non-hydrogen) atoms. The highest BCUT2D eigenvalue weighted by molar-refractivity contribution is 5.92. The van der Waals surface area contributed by atoms with Crippen molar-refractivity contribution in [2.45, 2.75) is 63.5 Å². The van der Waals surface area contributed by atoms with E-state index >= 15 is 0 Å². The standard InChI is InChI=1S/C20H26N6O2/c1-12(23-19(27)17-7-9-22-26(17)11-13-2-3-13)20-24-18(25-28-20)15-6-8-21-16(10-15)14-4-5-14/h6-10,12-14,18,20,24-25H,2-5,11H2,1H3,(H,23,27)/t12-,18?,20?/m0/s1. The van der Waals surface area contributed by atoms with Crippen molar-refractivity contribution in [1.82, 2.24) is 30.9 Å². The molecule has 8 nitrogen and oxygen atoms in total. The van der Waals surface area contributed by atoms with Crippen LogP contribution in [0.2, 0.25) is 0 Å². The lowest BCUT2D eigenvalue weighted by molar-refractivity contribution is 0.00494. The third kappa shape index (κ3) is 3.80. The van der Waals surface area contributed by atoms with E-state index in [1.54, 1.807) is 16.9 Å². The Bertz CT molecular complexity index is 860. The van der Waals surface area contributed by atoms with Crippen molar-refractivity contribution in [3.63, 3.8) is 0 Å². The van der Waals surface area contributed by atoms with Crippen LogP contribution in [0.3, 0.4) is 0 Å². The number of hydroxylamine groups is 1. The predicted molar refractivity (Wildman–Crippen MR) is 102 cm³/mol. The summed E-state index contributed by atoms with van der Waals surface area (Å²) in [5, 5.41) is 10.7. The molecule has 148 valence electrons. The Kier molecular flexibility index (Phi) is 4.62. The van der Waals surface area contributed by atoms with E-state index in [9.17, 15) is 4.79 Å². The number of carbonyl (C=O) groups is 1. The number of hydrogen-bond donors (Lipinski definition) is 3. The van der Waals surface area contributed by atoms with Gasteiger partial charge in [-0.2, -0.15) is 10.6 Å². The number of aromatic nitrogens is 3. The number of amides is 1. The fourth-order valence-corrected chi connectivity index (χ4v) is 3.60. The Morgan fingerprint density at radius 1 is 1.32 bits per heavy atom. The fourth-order valence-electron chi connectivity index (χ4n) is 3.60. The van der Waals surface area contributed by atoms with Gasteiger partial charge in [0.2, 0.25) is 0 Å². The minimum atomic E-state index is -0.328. The van der Waals surface area contributed by atoms with Crippen molar-refractivity contribution in [1.29, 1.82) is 0 Å². The van der Waals surface area contributed by atoms with E-state index < -0.39 is 0 Å². The van der Waals surface area contributed by atoms with Crippen molar-refractivity contribution in [3.8, 4) is 0 Å². The lowest BCUT2D eigenvalue weighted by atomic mass is 10.1. The monoisotopic (exact) mass is 382 g/mol. The molecule has 1 aliphatic heterocycles. The van der Waals surface area contributed by atoms with Crippen LogP contribution in [0.4, 0.5) is 0 Å². The molecule has 1 saturated heterocycles. The second kappa shape index (κ2) is 7.27. The first-order chi connectivity index (χ1) is 13.7. The second-order valence-corrected chi connectivity index (χ2v) is 8.15. The minimum absolute atomic E-state index is 0.120. The van der Waals surface area contributed by atoms with Gasteiger partial charge in [0.15, 0.2) is 6.23 Å². The van der Waals surface area contributed by atoms with Crippen molar-refractivity contribution < 1.29 is 9.63 Å². The number of nitrogens with zero attached hydrogens (tertiary/aromatic N) is 3. The normalized spacial score (nSPS) is 25.6. The predicted octanol–water partition coefficient (Wildman–Crippen LogP) is 1.83. The number of rotatable bonds is 7. The third-order valence-electron chi connectivity index (χ3n) is 5.67. The van der Waals surface area contributed by atoms with Gasteiger partial charge in [0.1, 0.15) is 11.9 Å². The maximum Gasteiger partial charge on any atom is 0.269 e. The molecule has 0 bridgehead atoms. The van der Waals surface area contributed by atoms with Crippen LogP contribution < -0.4 is 16.1 Å². The van der Waals surface area contributed by atoms with Crippen molar-refractivity contribution in [3.05, 3.63) is 47.5 Å². The molecule has 0 spiro atoms. The molecule has 5 rings (SSSR count). The Balaban J connectivity index is 1.19. The quantitative estimate of drug-likeness (QED) is 0.677. The Morgan fingerprint density at radius 3 is 2.96 bits per heavy atom. The third-order valence-corrected chi connectivity index (χ3v) is 5.67. The van der Waals surface area contributed by atoms with E-state index in [1.807, 2.05) is 19.2 Å². The van der Waals surface area contributed by atoms with Gasteiger partial charge in [-0.25, -0.2) is 0 Å². The molecule has 8 heteroatoms. The number of pyridine rings is 1. The van der Waals surface area contributed by atoms with Crippen LogP contribution in [-0.2, 0) is 11.4 Å². The summed E-state index contributed by atoms with van der Waals surface area (Å²) in [6.07, 6.45) is 7.99. The van der Waals surface area contributed by atoms with E-state index in [1.165, 1.54) is 25.7 Å². The highest BCUT2D eigenvalue weighted by Gasteiger charge is 2.33. The first kappa shape index (κ1) is 17.8. The molecule has 3 atom stereocenters. The highest BCUT2D eigenvalue weighted by atomic mass is 16.7. The Labute approximate surface area is 164 Å². The molecule has 3 fully saturated rings.